The lowest BCUT2D eigenvalue weighted by Gasteiger charge is -2.49. The van der Waals surface area contributed by atoms with Crippen LogP contribution in [0.4, 0.5) is 4.39 Å². The fraction of sp³-hybridized carbons (Fsp3) is 0.947. The molecule has 1 atom stereocenters. The molecule has 1 spiro atoms. The van der Waals surface area contributed by atoms with Gasteiger partial charge in [0.1, 0.15) is 0 Å². The largest absolute Gasteiger partial charge is 0.342 e. The lowest BCUT2D eigenvalue weighted by Crippen LogP contribution is -2.61. The Labute approximate surface area is 146 Å². The van der Waals surface area contributed by atoms with Crippen LogP contribution in [0, 0.1) is 5.92 Å². The first-order chi connectivity index (χ1) is 11.6. The molecule has 2 saturated heterocycles. The van der Waals surface area contributed by atoms with Gasteiger partial charge < -0.3 is 9.80 Å². The Morgan fingerprint density at radius 1 is 1.12 bits per heavy atom. The lowest BCUT2D eigenvalue weighted by atomic mass is 9.86. The third-order valence-corrected chi connectivity index (χ3v) is 6.37. The van der Waals surface area contributed by atoms with Gasteiger partial charge in [-0.05, 0) is 64.5 Å². The van der Waals surface area contributed by atoms with Gasteiger partial charge in [0, 0.05) is 44.7 Å². The molecule has 138 valence electrons. The van der Waals surface area contributed by atoms with Gasteiger partial charge in [-0.15, -0.1) is 0 Å². The topological polar surface area (TPSA) is 26.8 Å². The number of hydrogen-bond acceptors (Lipinski definition) is 3. The molecule has 0 aromatic carbocycles. The maximum atomic E-state index is 12.5. The minimum atomic E-state index is -0.189. The fourth-order valence-corrected chi connectivity index (χ4v) is 4.38. The molecule has 4 nitrogen and oxygen atoms in total. The number of piperazine rings is 1. The molecule has 0 aromatic rings. The van der Waals surface area contributed by atoms with E-state index in [1.807, 2.05) is 0 Å². The van der Waals surface area contributed by atoms with Crippen molar-refractivity contribution in [3.05, 3.63) is 0 Å². The van der Waals surface area contributed by atoms with Crippen molar-refractivity contribution in [3.8, 4) is 0 Å². The van der Waals surface area contributed by atoms with Crippen molar-refractivity contribution in [2.45, 2.75) is 56.9 Å². The zero-order valence-corrected chi connectivity index (χ0v) is 15.3. The predicted molar refractivity (Wildman–Crippen MR) is 94.8 cm³/mol. The van der Waals surface area contributed by atoms with E-state index in [1.165, 1.54) is 12.8 Å². The molecular formula is C19H34FN3O. The summed E-state index contributed by atoms with van der Waals surface area (Å²) >= 11 is 0. The predicted octanol–water partition coefficient (Wildman–Crippen LogP) is 2.53. The Kier molecular flexibility index (Phi) is 6.14. The average molecular weight is 339 g/mol. The zero-order valence-electron chi connectivity index (χ0n) is 15.3. The number of carbonyl (C=O) groups is 1. The molecule has 24 heavy (non-hydrogen) atoms. The number of carbonyl (C=O) groups excluding carboxylic acids is 1. The first-order valence-electron chi connectivity index (χ1n) is 9.90. The minimum Gasteiger partial charge on any atom is -0.342 e. The van der Waals surface area contributed by atoms with Gasteiger partial charge in [0.25, 0.3) is 0 Å². The summed E-state index contributed by atoms with van der Waals surface area (Å²) in [5.74, 6) is 1.14. The summed E-state index contributed by atoms with van der Waals surface area (Å²) in [6.07, 6.45) is 8.19. The van der Waals surface area contributed by atoms with Gasteiger partial charge in [-0.2, -0.15) is 0 Å². The second kappa shape index (κ2) is 8.13. The molecule has 0 radical (unpaired) electrons. The van der Waals surface area contributed by atoms with Crippen LogP contribution >= 0.6 is 0 Å². The Bertz CT molecular complexity index is 429. The highest BCUT2D eigenvalue weighted by molar-refractivity contribution is 5.76. The zero-order chi connectivity index (χ0) is 17.0. The molecule has 3 aliphatic rings. The van der Waals surface area contributed by atoms with Crippen LogP contribution in [0.25, 0.3) is 0 Å². The third kappa shape index (κ3) is 4.48. The number of amides is 1. The monoisotopic (exact) mass is 339 g/mol. The van der Waals surface area contributed by atoms with Crippen LogP contribution in [0.5, 0.6) is 0 Å². The van der Waals surface area contributed by atoms with Gasteiger partial charge in [0.15, 0.2) is 0 Å². The van der Waals surface area contributed by atoms with Gasteiger partial charge in [0.2, 0.25) is 5.91 Å². The highest BCUT2D eigenvalue weighted by atomic mass is 19.1. The number of nitrogens with zero attached hydrogens (tertiary/aromatic N) is 3. The van der Waals surface area contributed by atoms with E-state index in [9.17, 15) is 9.18 Å². The molecule has 3 fully saturated rings. The fourth-order valence-electron chi connectivity index (χ4n) is 4.38. The van der Waals surface area contributed by atoms with Gasteiger partial charge in [-0.3, -0.25) is 14.1 Å². The van der Waals surface area contributed by atoms with Crippen molar-refractivity contribution < 1.29 is 9.18 Å². The number of unbranched alkanes of at least 4 members (excludes halogenated alkanes) is 2. The average Bonchev–Trinajstić information content (AvgIpc) is 3.40. The van der Waals surface area contributed by atoms with Crippen LogP contribution in [-0.2, 0) is 4.79 Å². The molecule has 2 aliphatic heterocycles. The highest BCUT2D eigenvalue weighted by Crippen LogP contribution is 2.35. The summed E-state index contributed by atoms with van der Waals surface area (Å²) in [5, 5.41) is 0. The number of likely N-dealkylation sites (N-methyl/N-ethyl adjacent to an activating group) is 1. The van der Waals surface area contributed by atoms with Crippen LogP contribution in [0.2, 0.25) is 0 Å². The van der Waals surface area contributed by atoms with Crippen LogP contribution in [0.3, 0.4) is 0 Å². The standard InChI is InChI=1S/C19H34FN3O/c1-21-13-14-22(11-4-2-3-10-20)16-19(21)8-7-18(24)23(12-9-19)15-17-5-6-17/h17H,2-16H2,1H3/t19-/m1/s1. The van der Waals surface area contributed by atoms with Gasteiger partial charge in [0.05, 0.1) is 6.67 Å². The number of rotatable bonds is 7. The Morgan fingerprint density at radius 2 is 1.96 bits per heavy atom. The second-order valence-corrected chi connectivity index (χ2v) is 8.20. The van der Waals surface area contributed by atoms with Crippen molar-refractivity contribution in [1.29, 1.82) is 0 Å². The SMILES string of the molecule is CN1CCN(CCCCCF)C[C@]12CCC(=O)N(CC1CC1)CC2. The summed E-state index contributed by atoms with van der Waals surface area (Å²) in [5.41, 5.74) is 0.159. The molecular weight excluding hydrogens is 305 g/mol. The third-order valence-electron chi connectivity index (χ3n) is 6.37. The van der Waals surface area contributed by atoms with Crippen LogP contribution in [0.15, 0.2) is 0 Å². The van der Waals surface area contributed by atoms with E-state index in [0.717, 1.165) is 70.9 Å². The van der Waals surface area contributed by atoms with Gasteiger partial charge in [-0.25, -0.2) is 0 Å². The molecule has 1 saturated carbocycles. The van der Waals surface area contributed by atoms with E-state index in [4.69, 9.17) is 0 Å². The number of halogens is 1. The molecule has 1 aliphatic carbocycles. The summed E-state index contributed by atoms with van der Waals surface area (Å²) < 4.78 is 12.3. The van der Waals surface area contributed by atoms with E-state index in [2.05, 4.69) is 21.7 Å². The molecule has 0 unspecified atom stereocenters. The molecule has 2 heterocycles. The molecule has 0 N–H and O–H groups in total. The molecule has 3 rings (SSSR count). The van der Waals surface area contributed by atoms with E-state index in [-0.39, 0.29) is 12.2 Å². The molecule has 5 heteroatoms. The minimum absolute atomic E-state index is 0.159. The number of hydrogen-bond donors (Lipinski definition) is 0. The summed E-state index contributed by atoms with van der Waals surface area (Å²) in [6.45, 7) is 6.07. The van der Waals surface area contributed by atoms with Crippen LogP contribution in [0.1, 0.15) is 51.4 Å². The Morgan fingerprint density at radius 3 is 2.71 bits per heavy atom. The number of likely N-dealkylation sites (tertiary alicyclic amines) is 1. The first-order valence-corrected chi connectivity index (χ1v) is 9.90. The smallest absolute Gasteiger partial charge is 0.222 e. The maximum absolute atomic E-state index is 12.5. The van der Waals surface area contributed by atoms with E-state index < -0.39 is 0 Å². The maximum Gasteiger partial charge on any atom is 0.222 e. The van der Waals surface area contributed by atoms with E-state index in [0.29, 0.717) is 18.7 Å². The van der Waals surface area contributed by atoms with Crippen LogP contribution < -0.4 is 0 Å². The Hall–Kier alpha value is -0.680. The molecule has 1 amide bonds. The van der Waals surface area contributed by atoms with Gasteiger partial charge >= 0.3 is 0 Å². The van der Waals surface area contributed by atoms with Crippen molar-refractivity contribution in [2.24, 2.45) is 5.92 Å². The van der Waals surface area contributed by atoms with Crippen molar-refractivity contribution in [3.63, 3.8) is 0 Å². The van der Waals surface area contributed by atoms with Crippen molar-refractivity contribution in [1.82, 2.24) is 14.7 Å². The van der Waals surface area contributed by atoms with Gasteiger partial charge in [-0.1, -0.05) is 0 Å². The van der Waals surface area contributed by atoms with Crippen molar-refractivity contribution >= 4 is 5.91 Å². The van der Waals surface area contributed by atoms with Crippen molar-refractivity contribution in [2.75, 3.05) is 53.0 Å². The summed E-state index contributed by atoms with van der Waals surface area (Å²) in [4.78, 5) is 19.7. The lowest BCUT2D eigenvalue weighted by molar-refractivity contribution is -0.131. The first kappa shape index (κ1) is 18.1. The molecule has 0 aromatic heterocycles. The quantitative estimate of drug-likeness (QED) is 0.667. The highest BCUT2D eigenvalue weighted by Gasteiger charge is 2.42. The normalized spacial score (nSPS) is 30.1. The second-order valence-electron chi connectivity index (χ2n) is 8.20. The van der Waals surface area contributed by atoms with E-state index >= 15 is 0 Å². The van der Waals surface area contributed by atoms with E-state index in [1.54, 1.807) is 0 Å². The number of alkyl halides is 1. The van der Waals surface area contributed by atoms with Crippen LogP contribution in [-0.4, -0.2) is 79.1 Å². The Balaban J connectivity index is 1.56. The summed E-state index contributed by atoms with van der Waals surface area (Å²) in [7, 11) is 2.24. The molecule has 0 bridgehead atoms. The summed E-state index contributed by atoms with van der Waals surface area (Å²) in [6, 6.07) is 0.